The van der Waals surface area contributed by atoms with Crippen LogP contribution in [0.5, 0.6) is 0 Å². The second-order valence-corrected chi connectivity index (χ2v) is 3.98. The van der Waals surface area contributed by atoms with Crippen molar-refractivity contribution in [2.45, 2.75) is 39.5 Å². The van der Waals surface area contributed by atoms with E-state index in [1.54, 1.807) is 5.56 Å². The monoisotopic (exact) mass is 175 g/mol. The predicted octanol–water partition coefficient (Wildman–Crippen LogP) is 2.77. The summed E-state index contributed by atoms with van der Waals surface area (Å²) < 4.78 is 0. The van der Waals surface area contributed by atoms with Crippen LogP contribution in [0.3, 0.4) is 0 Å². The number of hydrogen-bond donors (Lipinski definition) is 0. The molecule has 13 heavy (non-hydrogen) atoms. The van der Waals surface area contributed by atoms with E-state index >= 15 is 0 Å². The topological polar surface area (TPSA) is 12.9 Å². The minimum Gasteiger partial charge on any atom is -0.261 e. The van der Waals surface area contributed by atoms with Crippen molar-refractivity contribution in [1.29, 1.82) is 0 Å². The number of rotatable bonds is 2. The number of aryl methyl sites for hydroxylation is 1. The highest BCUT2D eigenvalue weighted by atomic mass is 14.7. The summed E-state index contributed by atoms with van der Waals surface area (Å²) in [6.45, 7) is 4.45. The van der Waals surface area contributed by atoms with Gasteiger partial charge in [0.1, 0.15) is 0 Å². The molecule has 0 bridgehead atoms. The summed E-state index contributed by atoms with van der Waals surface area (Å²) >= 11 is 0. The Hall–Kier alpha value is -0.850. The summed E-state index contributed by atoms with van der Waals surface area (Å²) in [5, 5.41) is 0. The number of nitrogens with zero attached hydrogens (tertiary/aromatic N) is 1. The first-order valence-electron chi connectivity index (χ1n) is 5.30. The van der Waals surface area contributed by atoms with Crippen molar-refractivity contribution in [2.24, 2.45) is 5.92 Å². The van der Waals surface area contributed by atoms with Gasteiger partial charge in [-0.05, 0) is 42.4 Å². The van der Waals surface area contributed by atoms with Crippen molar-refractivity contribution >= 4 is 0 Å². The van der Waals surface area contributed by atoms with E-state index < -0.39 is 0 Å². The standard InChI is InChI=1S/C12H17N/c1-3-9-5-10-7-12(4-2)13-8-11(10)6-9/h7-9H,3-6H2,1-2H3. The van der Waals surface area contributed by atoms with Crippen LogP contribution >= 0.6 is 0 Å². The van der Waals surface area contributed by atoms with Gasteiger partial charge in [0.25, 0.3) is 0 Å². The van der Waals surface area contributed by atoms with Crippen molar-refractivity contribution in [3.05, 3.63) is 29.1 Å². The Kier molecular flexibility index (Phi) is 2.34. The van der Waals surface area contributed by atoms with Crippen molar-refractivity contribution < 1.29 is 0 Å². The van der Waals surface area contributed by atoms with Gasteiger partial charge in [-0.1, -0.05) is 20.3 Å². The van der Waals surface area contributed by atoms with E-state index in [1.165, 1.54) is 30.5 Å². The summed E-state index contributed by atoms with van der Waals surface area (Å²) in [6.07, 6.45) is 6.98. The number of fused-ring (bicyclic) bond motifs is 1. The van der Waals surface area contributed by atoms with Crippen LogP contribution in [0.15, 0.2) is 12.3 Å². The summed E-state index contributed by atoms with van der Waals surface area (Å²) in [6, 6.07) is 2.30. The second kappa shape index (κ2) is 3.49. The minimum atomic E-state index is 0.879. The maximum Gasteiger partial charge on any atom is 0.0403 e. The summed E-state index contributed by atoms with van der Waals surface area (Å²) in [5.74, 6) is 0.879. The van der Waals surface area contributed by atoms with Crippen LogP contribution in [0.1, 0.15) is 37.1 Å². The molecule has 2 rings (SSSR count). The Morgan fingerprint density at radius 3 is 2.77 bits per heavy atom. The SMILES string of the molecule is CCc1cc2c(cn1)CC(CC)C2. The van der Waals surface area contributed by atoms with Crippen molar-refractivity contribution in [2.75, 3.05) is 0 Å². The Morgan fingerprint density at radius 1 is 1.31 bits per heavy atom. The van der Waals surface area contributed by atoms with Gasteiger partial charge < -0.3 is 0 Å². The molecule has 1 heterocycles. The van der Waals surface area contributed by atoms with Crippen molar-refractivity contribution in [1.82, 2.24) is 4.98 Å². The zero-order valence-electron chi connectivity index (χ0n) is 8.51. The van der Waals surface area contributed by atoms with E-state index in [2.05, 4.69) is 31.1 Å². The Bertz CT molecular complexity index is 304. The molecule has 0 radical (unpaired) electrons. The van der Waals surface area contributed by atoms with Crippen LogP contribution in [0, 0.1) is 5.92 Å². The molecule has 1 atom stereocenters. The molecular formula is C12H17N. The highest BCUT2D eigenvalue weighted by Gasteiger charge is 2.20. The van der Waals surface area contributed by atoms with Crippen LogP contribution < -0.4 is 0 Å². The van der Waals surface area contributed by atoms with E-state index in [0.29, 0.717) is 0 Å². The Balaban J connectivity index is 2.25. The third-order valence-electron chi connectivity index (χ3n) is 3.10. The van der Waals surface area contributed by atoms with Gasteiger partial charge in [0.2, 0.25) is 0 Å². The van der Waals surface area contributed by atoms with Gasteiger partial charge >= 0.3 is 0 Å². The molecule has 1 unspecified atom stereocenters. The Morgan fingerprint density at radius 2 is 2.08 bits per heavy atom. The summed E-state index contributed by atoms with van der Waals surface area (Å²) in [4.78, 5) is 4.44. The largest absolute Gasteiger partial charge is 0.261 e. The molecule has 1 nitrogen and oxygen atoms in total. The van der Waals surface area contributed by atoms with E-state index in [1.807, 2.05) is 0 Å². The van der Waals surface area contributed by atoms with Crippen LogP contribution in [0.2, 0.25) is 0 Å². The fourth-order valence-electron chi connectivity index (χ4n) is 2.12. The number of hydrogen-bond acceptors (Lipinski definition) is 1. The van der Waals surface area contributed by atoms with Crippen LogP contribution in [0.4, 0.5) is 0 Å². The van der Waals surface area contributed by atoms with Gasteiger partial charge in [0.15, 0.2) is 0 Å². The fourth-order valence-corrected chi connectivity index (χ4v) is 2.12. The lowest BCUT2D eigenvalue weighted by Crippen LogP contribution is -1.95. The van der Waals surface area contributed by atoms with Crippen LogP contribution in [-0.4, -0.2) is 4.98 Å². The maximum atomic E-state index is 4.44. The number of aromatic nitrogens is 1. The quantitative estimate of drug-likeness (QED) is 0.673. The van der Waals surface area contributed by atoms with Gasteiger partial charge in [-0.25, -0.2) is 0 Å². The van der Waals surface area contributed by atoms with Crippen molar-refractivity contribution in [3.63, 3.8) is 0 Å². The normalized spacial score (nSPS) is 20.3. The van der Waals surface area contributed by atoms with Gasteiger partial charge in [0.05, 0.1) is 0 Å². The second-order valence-electron chi connectivity index (χ2n) is 3.98. The fraction of sp³-hybridized carbons (Fsp3) is 0.583. The molecule has 0 spiro atoms. The molecular weight excluding hydrogens is 158 g/mol. The van der Waals surface area contributed by atoms with Gasteiger partial charge in [0, 0.05) is 11.9 Å². The highest BCUT2D eigenvalue weighted by molar-refractivity contribution is 5.31. The molecule has 0 saturated heterocycles. The molecule has 1 aromatic rings. The first-order chi connectivity index (χ1) is 6.33. The molecule has 0 aliphatic heterocycles. The molecule has 1 heteroatoms. The van der Waals surface area contributed by atoms with Crippen LogP contribution in [-0.2, 0) is 19.3 Å². The summed E-state index contributed by atoms with van der Waals surface area (Å²) in [7, 11) is 0. The lowest BCUT2D eigenvalue weighted by atomic mass is 10.0. The van der Waals surface area contributed by atoms with E-state index in [-0.39, 0.29) is 0 Å². The highest BCUT2D eigenvalue weighted by Crippen LogP contribution is 2.28. The zero-order valence-corrected chi connectivity index (χ0v) is 8.51. The van der Waals surface area contributed by atoms with E-state index in [4.69, 9.17) is 0 Å². The first kappa shape index (κ1) is 8.74. The third-order valence-corrected chi connectivity index (χ3v) is 3.10. The molecule has 0 saturated carbocycles. The third kappa shape index (κ3) is 1.60. The van der Waals surface area contributed by atoms with Gasteiger partial charge in [-0.15, -0.1) is 0 Å². The molecule has 0 N–H and O–H groups in total. The average Bonchev–Trinajstić information content (AvgIpc) is 2.58. The summed E-state index contributed by atoms with van der Waals surface area (Å²) in [5.41, 5.74) is 4.29. The molecule has 70 valence electrons. The molecule has 0 aromatic carbocycles. The smallest absolute Gasteiger partial charge is 0.0403 e. The molecule has 1 aromatic heterocycles. The van der Waals surface area contributed by atoms with E-state index in [9.17, 15) is 0 Å². The zero-order chi connectivity index (χ0) is 9.26. The molecule has 0 fully saturated rings. The molecule has 0 amide bonds. The Labute approximate surface area is 80.2 Å². The van der Waals surface area contributed by atoms with Gasteiger partial charge in [-0.2, -0.15) is 0 Å². The first-order valence-corrected chi connectivity index (χ1v) is 5.30. The maximum absolute atomic E-state index is 4.44. The average molecular weight is 175 g/mol. The van der Waals surface area contributed by atoms with E-state index in [0.717, 1.165) is 12.3 Å². The van der Waals surface area contributed by atoms with Crippen molar-refractivity contribution in [3.8, 4) is 0 Å². The van der Waals surface area contributed by atoms with Gasteiger partial charge in [-0.3, -0.25) is 4.98 Å². The lowest BCUT2D eigenvalue weighted by molar-refractivity contribution is 0.542. The minimum absolute atomic E-state index is 0.879. The molecule has 1 aliphatic rings. The lowest BCUT2D eigenvalue weighted by Gasteiger charge is -2.01. The van der Waals surface area contributed by atoms with Crippen LogP contribution in [0.25, 0.3) is 0 Å². The number of pyridine rings is 1. The predicted molar refractivity (Wildman–Crippen MR) is 54.8 cm³/mol. The molecule has 1 aliphatic carbocycles.